The second kappa shape index (κ2) is 9.89. The number of hydrogen-bond donors (Lipinski definition) is 1. The van der Waals surface area contributed by atoms with Crippen LogP contribution in [-0.4, -0.2) is 33.6 Å². The van der Waals surface area contributed by atoms with Gasteiger partial charge in [-0.1, -0.05) is 12.1 Å². The number of nitrogens with zero attached hydrogens (tertiary/aromatic N) is 1. The van der Waals surface area contributed by atoms with Crippen LogP contribution in [0.3, 0.4) is 0 Å². The molecule has 9 heteroatoms. The van der Waals surface area contributed by atoms with Crippen molar-refractivity contribution in [1.29, 1.82) is 0 Å². The number of benzene rings is 2. The summed E-state index contributed by atoms with van der Waals surface area (Å²) < 4.78 is 38.6. The standard InChI is InChI=1S/C26H24N2O5S2/c1-16-20(14-17-6-4-12-28-15-17)22(26(29)33-3)25(23(24(16)27)21-7-5-13-34-21)35(30,31)19-10-8-18(32-2)9-11-19/h4-13,15H,14,27H2,1-3H3. The van der Waals surface area contributed by atoms with Crippen LogP contribution in [-0.2, 0) is 21.0 Å². The van der Waals surface area contributed by atoms with Gasteiger partial charge in [0.15, 0.2) is 0 Å². The highest BCUT2D eigenvalue weighted by Gasteiger charge is 2.35. The molecule has 2 aromatic heterocycles. The molecule has 0 spiro atoms. The van der Waals surface area contributed by atoms with Crippen LogP contribution in [0, 0.1) is 6.92 Å². The Kier molecular flexibility index (Phi) is 6.90. The second-order valence-electron chi connectivity index (χ2n) is 7.78. The maximum atomic E-state index is 14.1. The molecule has 0 atom stereocenters. The Labute approximate surface area is 208 Å². The van der Waals surface area contributed by atoms with E-state index in [9.17, 15) is 13.2 Å². The predicted octanol–water partition coefficient (Wildman–Crippen LogP) is 4.92. The number of methoxy groups -OCH3 is 2. The summed E-state index contributed by atoms with van der Waals surface area (Å²) >= 11 is 1.34. The topological polar surface area (TPSA) is 109 Å². The molecule has 4 rings (SSSR count). The van der Waals surface area contributed by atoms with Gasteiger partial charge in [0.25, 0.3) is 0 Å². The van der Waals surface area contributed by atoms with Gasteiger partial charge in [-0.05, 0) is 65.4 Å². The number of sulfone groups is 1. The van der Waals surface area contributed by atoms with Crippen molar-refractivity contribution in [3.63, 3.8) is 0 Å². The Morgan fingerprint density at radius 1 is 1.09 bits per heavy atom. The Hall–Kier alpha value is -3.69. The first kappa shape index (κ1) is 24.4. The van der Waals surface area contributed by atoms with Gasteiger partial charge >= 0.3 is 5.97 Å². The highest BCUT2D eigenvalue weighted by Crippen LogP contribution is 2.44. The molecule has 180 valence electrons. The second-order valence-corrected chi connectivity index (χ2v) is 10.6. The van der Waals surface area contributed by atoms with E-state index in [0.29, 0.717) is 33.0 Å². The summed E-state index contributed by atoms with van der Waals surface area (Å²) in [6.07, 6.45) is 3.57. The molecule has 35 heavy (non-hydrogen) atoms. The lowest BCUT2D eigenvalue weighted by Crippen LogP contribution is -2.19. The number of rotatable bonds is 7. The minimum atomic E-state index is -4.21. The molecule has 0 aliphatic heterocycles. The maximum Gasteiger partial charge on any atom is 0.339 e. The van der Waals surface area contributed by atoms with Crippen molar-refractivity contribution in [3.05, 3.63) is 88.6 Å². The van der Waals surface area contributed by atoms with Crippen LogP contribution in [0.2, 0.25) is 0 Å². The molecule has 0 saturated heterocycles. The Morgan fingerprint density at radius 2 is 1.83 bits per heavy atom. The minimum absolute atomic E-state index is 0.0110. The van der Waals surface area contributed by atoms with Gasteiger partial charge in [0.2, 0.25) is 9.84 Å². The molecule has 0 aliphatic carbocycles. The Morgan fingerprint density at radius 3 is 2.40 bits per heavy atom. The molecule has 2 aromatic carbocycles. The molecule has 7 nitrogen and oxygen atoms in total. The van der Waals surface area contributed by atoms with E-state index >= 15 is 0 Å². The van der Waals surface area contributed by atoms with Crippen LogP contribution in [0.5, 0.6) is 5.75 Å². The smallest absolute Gasteiger partial charge is 0.339 e. The predicted molar refractivity (Wildman–Crippen MR) is 136 cm³/mol. The van der Waals surface area contributed by atoms with Crippen molar-refractivity contribution in [3.8, 4) is 16.2 Å². The zero-order valence-corrected chi connectivity index (χ0v) is 21.1. The van der Waals surface area contributed by atoms with Gasteiger partial charge in [-0.15, -0.1) is 11.3 Å². The molecule has 0 amide bonds. The zero-order valence-electron chi connectivity index (χ0n) is 19.4. The lowest BCUT2D eigenvalue weighted by Gasteiger charge is -2.22. The van der Waals surface area contributed by atoms with Crippen LogP contribution in [0.15, 0.2) is 76.1 Å². The Balaban J connectivity index is 2.11. The number of hydrogen-bond acceptors (Lipinski definition) is 8. The van der Waals surface area contributed by atoms with Crippen LogP contribution in [0.4, 0.5) is 5.69 Å². The van der Waals surface area contributed by atoms with Crippen molar-refractivity contribution in [2.24, 2.45) is 0 Å². The number of nitrogen functional groups attached to an aromatic ring is 1. The molecule has 0 fully saturated rings. The highest BCUT2D eigenvalue weighted by atomic mass is 32.2. The number of pyridine rings is 1. The number of nitrogens with two attached hydrogens (primary N) is 1. The molecule has 4 aromatic rings. The number of anilines is 1. The summed E-state index contributed by atoms with van der Waals surface area (Å²) in [5.74, 6) is -0.242. The largest absolute Gasteiger partial charge is 0.497 e. The van der Waals surface area contributed by atoms with E-state index in [1.165, 1.54) is 37.7 Å². The molecular formula is C26H24N2O5S2. The third-order valence-corrected chi connectivity index (χ3v) is 8.51. The van der Waals surface area contributed by atoms with Crippen molar-refractivity contribution < 1.29 is 22.7 Å². The summed E-state index contributed by atoms with van der Waals surface area (Å²) in [6, 6.07) is 13.2. The highest BCUT2D eigenvalue weighted by molar-refractivity contribution is 7.91. The molecule has 0 radical (unpaired) electrons. The van der Waals surface area contributed by atoms with Crippen molar-refractivity contribution in [1.82, 2.24) is 4.98 Å². The molecule has 0 unspecified atom stereocenters. The average molecular weight is 509 g/mol. The van der Waals surface area contributed by atoms with Crippen molar-refractivity contribution in [2.75, 3.05) is 20.0 Å². The van der Waals surface area contributed by atoms with Gasteiger partial charge in [0.1, 0.15) is 5.75 Å². The van der Waals surface area contributed by atoms with E-state index in [1.807, 2.05) is 11.4 Å². The summed E-state index contributed by atoms with van der Waals surface area (Å²) in [4.78, 5) is 17.9. The van der Waals surface area contributed by atoms with E-state index in [2.05, 4.69) is 4.98 Å². The molecular weight excluding hydrogens is 484 g/mol. The van der Waals surface area contributed by atoms with Gasteiger partial charge < -0.3 is 15.2 Å². The lowest BCUT2D eigenvalue weighted by molar-refractivity contribution is 0.0595. The SMILES string of the molecule is COC(=O)c1c(Cc2cccnc2)c(C)c(N)c(-c2cccs2)c1S(=O)(=O)c1ccc(OC)cc1. The fourth-order valence-corrected chi connectivity index (χ4v) is 6.52. The van der Waals surface area contributed by atoms with Crippen LogP contribution >= 0.6 is 11.3 Å². The number of aromatic nitrogens is 1. The third-order valence-electron chi connectivity index (χ3n) is 5.78. The van der Waals surface area contributed by atoms with Gasteiger partial charge in [0, 0.05) is 34.9 Å². The molecule has 0 bridgehead atoms. The summed E-state index contributed by atoms with van der Waals surface area (Å²) in [7, 11) is -1.47. The fraction of sp³-hybridized carbons (Fsp3) is 0.154. The monoisotopic (exact) mass is 508 g/mol. The average Bonchev–Trinajstić information content (AvgIpc) is 3.41. The van der Waals surface area contributed by atoms with Gasteiger partial charge in [-0.3, -0.25) is 4.98 Å². The minimum Gasteiger partial charge on any atom is -0.497 e. The Bertz CT molecular complexity index is 1460. The summed E-state index contributed by atoms with van der Waals surface area (Å²) in [6.45, 7) is 1.79. The summed E-state index contributed by atoms with van der Waals surface area (Å²) in [5, 5.41) is 1.83. The quantitative estimate of drug-likeness (QED) is 0.279. The number of thiophene rings is 1. The van der Waals surface area contributed by atoms with E-state index < -0.39 is 15.8 Å². The van der Waals surface area contributed by atoms with Gasteiger partial charge in [-0.2, -0.15) is 0 Å². The van der Waals surface area contributed by atoms with E-state index in [0.717, 1.165) is 5.56 Å². The summed E-state index contributed by atoms with van der Waals surface area (Å²) in [5.41, 5.74) is 9.08. The van der Waals surface area contributed by atoms with Crippen molar-refractivity contribution in [2.45, 2.75) is 23.1 Å². The molecule has 0 aliphatic rings. The zero-order chi connectivity index (χ0) is 25.2. The number of ether oxygens (including phenoxy) is 2. The van der Waals surface area contributed by atoms with Gasteiger partial charge in [0.05, 0.1) is 29.6 Å². The number of carbonyl (C=O) groups excluding carboxylic acids is 1. The lowest BCUT2D eigenvalue weighted by atomic mass is 9.91. The van der Waals surface area contributed by atoms with Crippen LogP contribution < -0.4 is 10.5 Å². The molecule has 2 heterocycles. The molecule has 2 N–H and O–H groups in total. The maximum absolute atomic E-state index is 14.1. The first-order valence-corrected chi connectivity index (χ1v) is 13.0. The normalized spacial score (nSPS) is 11.3. The number of esters is 1. The molecule has 0 saturated carbocycles. The van der Waals surface area contributed by atoms with Crippen molar-refractivity contribution >= 4 is 32.8 Å². The first-order valence-electron chi connectivity index (χ1n) is 10.6. The fourth-order valence-electron chi connectivity index (χ4n) is 3.97. The van der Waals surface area contributed by atoms with E-state index in [1.54, 1.807) is 49.6 Å². The van der Waals surface area contributed by atoms with Crippen LogP contribution in [0.1, 0.15) is 27.0 Å². The first-order chi connectivity index (χ1) is 16.8. The van der Waals surface area contributed by atoms with Gasteiger partial charge in [-0.25, -0.2) is 13.2 Å². The number of carbonyl (C=O) groups is 1. The van der Waals surface area contributed by atoms with E-state index in [-0.39, 0.29) is 21.8 Å². The third kappa shape index (κ3) is 4.52. The van der Waals surface area contributed by atoms with E-state index in [4.69, 9.17) is 15.2 Å². The van der Waals surface area contributed by atoms with Crippen LogP contribution in [0.25, 0.3) is 10.4 Å².